The van der Waals surface area contributed by atoms with Crippen LogP contribution in [0.25, 0.3) is 10.2 Å². The fraction of sp³-hybridized carbons (Fsp3) is 0.231. The molecule has 5 nitrogen and oxygen atoms in total. The van der Waals surface area contributed by atoms with E-state index in [0.29, 0.717) is 28.7 Å². The number of carbonyl (C=O) groups is 1. The van der Waals surface area contributed by atoms with E-state index in [2.05, 4.69) is 30.9 Å². The lowest BCUT2D eigenvalue weighted by molar-refractivity contribution is 0.0983. The number of para-hydroxylation sites is 2. The predicted octanol–water partition coefficient (Wildman–Crippen LogP) is 5.91. The molecule has 1 amide bonds. The van der Waals surface area contributed by atoms with Crippen molar-refractivity contribution in [3.05, 3.63) is 83.4 Å². The van der Waals surface area contributed by atoms with E-state index in [4.69, 9.17) is 9.72 Å². The summed E-state index contributed by atoms with van der Waals surface area (Å²) >= 11 is 1.55. The number of nitrogens with zero attached hydrogens (tertiary/aromatic N) is 3. The van der Waals surface area contributed by atoms with Gasteiger partial charge in [0.05, 0.1) is 15.8 Å². The van der Waals surface area contributed by atoms with Crippen LogP contribution < -0.4 is 9.64 Å². The smallest absolute Gasteiger partial charge is 0.263 e. The fourth-order valence-electron chi connectivity index (χ4n) is 3.36. The number of thiazole rings is 1. The number of ether oxygens (including phenoxy) is 1. The standard InChI is InChI=1S/C26H27N3O2S/c1-18-16-22-24(17-19(18)2)32-26(27-22)29(15-14-28(3)4)25(30)21-12-8-9-13-23(21)31-20-10-6-5-7-11-20/h5-13,16-17H,14-15H2,1-4H3. The van der Waals surface area contributed by atoms with Crippen molar-refractivity contribution in [1.29, 1.82) is 0 Å². The van der Waals surface area contributed by atoms with Gasteiger partial charge in [-0.1, -0.05) is 41.7 Å². The molecule has 32 heavy (non-hydrogen) atoms. The molecular formula is C26H27N3O2S. The van der Waals surface area contributed by atoms with Crippen molar-refractivity contribution in [2.75, 3.05) is 32.1 Å². The van der Waals surface area contributed by atoms with Crippen molar-refractivity contribution < 1.29 is 9.53 Å². The molecule has 0 saturated heterocycles. The Bertz CT molecular complexity index is 1200. The van der Waals surface area contributed by atoms with Gasteiger partial charge in [0.1, 0.15) is 11.5 Å². The molecule has 0 aliphatic rings. The van der Waals surface area contributed by atoms with Crippen LogP contribution in [0.5, 0.6) is 11.5 Å². The van der Waals surface area contributed by atoms with E-state index < -0.39 is 0 Å². The van der Waals surface area contributed by atoms with Gasteiger partial charge in [0.15, 0.2) is 5.13 Å². The first-order valence-corrected chi connectivity index (χ1v) is 11.4. The van der Waals surface area contributed by atoms with Crippen LogP contribution in [-0.2, 0) is 0 Å². The Kier molecular flexibility index (Phi) is 6.53. The highest BCUT2D eigenvalue weighted by molar-refractivity contribution is 7.22. The number of hydrogen-bond acceptors (Lipinski definition) is 5. The molecule has 0 unspecified atom stereocenters. The van der Waals surface area contributed by atoms with Gasteiger partial charge in [0.25, 0.3) is 5.91 Å². The van der Waals surface area contributed by atoms with E-state index in [0.717, 1.165) is 16.8 Å². The minimum absolute atomic E-state index is 0.120. The average Bonchev–Trinajstić information content (AvgIpc) is 3.17. The second-order valence-corrected chi connectivity index (χ2v) is 9.08. The molecule has 0 fully saturated rings. The summed E-state index contributed by atoms with van der Waals surface area (Å²) < 4.78 is 7.14. The lowest BCUT2D eigenvalue weighted by atomic mass is 10.1. The number of carbonyl (C=O) groups excluding carboxylic acids is 1. The molecule has 0 spiro atoms. The Hall–Kier alpha value is -3.22. The summed E-state index contributed by atoms with van der Waals surface area (Å²) in [4.78, 5) is 22.4. The third-order valence-electron chi connectivity index (χ3n) is 5.33. The van der Waals surface area contributed by atoms with Crippen molar-refractivity contribution in [1.82, 2.24) is 9.88 Å². The molecule has 164 valence electrons. The third kappa shape index (κ3) is 4.82. The van der Waals surface area contributed by atoms with Crippen molar-refractivity contribution in [2.45, 2.75) is 13.8 Å². The minimum atomic E-state index is -0.120. The lowest BCUT2D eigenvalue weighted by Crippen LogP contribution is -2.36. The molecule has 0 saturated carbocycles. The van der Waals surface area contributed by atoms with Crippen LogP contribution in [0.15, 0.2) is 66.7 Å². The summed E-state index contributed by atoms with van der Waals surface area (Å²) in [7, 11) is 4.00. The zero-order chi connectivity index (χ0) is 22.7. The van der Waals surface area contributed by atoms with Crippen molar-refractivity contribution in [2.24, 2.45) is 0 Å². The van der Waals surface area contributed by atoms with Crippen molar-refractivity contribution in [3.8, 4) is 11.5 Å². The highest BCUT2D eigenvalue weighted by atomic mass is 32.1. The first-order valence-electron chi connectivity index (χ1n) is 10.6. The summed E-state index contributed by atoms with van der Waals surface area (Å²) in [5.74, 6) is 1.11. The maximum atomic E-state index is 13.8. The van der Waals surface area contributed by atoms with Crippen LogP contribution in [0.3, 0.4) is 0 Å². The number of fused-ring (bicyclic) bond motifs is 1. The van der Waals surface area contributed by atoms with E-state index in [1.54, 1.807) is 16.2 Å². The third-order valence-corrected chi connectivity index (χ3v) is 6.37. The number of amides is 1. The number of likely N-dealkylation sites (N-methyl/N-ethyl adjacent to an activating group) is 1. The summed E-state index contributed by atoms with van der Waals surface area (Å²) in [5.41, 5.74) is 3.86. The molecule has 4 rings (SSSR count). The van der Waals surface area contributed by atoms with Gasteiger partial charge >= 0.3 is 0 Å². The van der Waals surface area contributed by atoms with Gasteiger partial charge < -0.3 is 9.64 Å². The number of aryl methyl sites for hydroxylation is 2. The zero-order valence-corrected chi connectivity index (χ0v) is 19.6. The summed E-state index contributed by atoms with van der Waals surface area (Å²) in [6.07, 6.45) is 0. The summed E-state index contributed by atoms with van der Waals surface area (Å²) in [5, 5.41) is 0.700. The molecule has 3 aromatic carbocycles. The normalized spacial score (nSPS) is 11.2. The number of anilines is 1. The van der Waals surface area contributed by atoms with Crippen LogP contribution in [0.4, 0.5) is 5.13 Å². The second-order valence-electron chi connectivity index (χ2n) is 8.07. The summed E-state index contributed by atoms with van der Waals surface area (Å²) in [6.45, 7) is 5.44. The Morgan fingerprint density at radius 3 is 2.38 bits per heavy atom. The first-order chi connectivity index (χ1) is 15.4. The zero-order valence-electron chi connectivity index (χ0n) is 18.8. The Morgan fingerprint density at radius 2 is 1.62 bits per heavy atom. The lowest BCUT2D eigenvalue weighted by Gasteiger charge is -2.23. The molecule has 0 bridgehead atoms. The van der Waals surface area contributed by atoms with Crippen LogP contribution >= 0.6 is 11.3 Å². The Labute approximate surface area is 192 Å². The molecule has 0 atom stereocenters. The van der Waals surface area contributed by atoms with Gasteiger partial charge in [-0.3, -0.25) is 9.69 Å². The highest BCUT2D eigenvalue weighted by Gasteiger charge is 2.24. The van der Waals surface area contributed by atoms with Crippen LogP contribution in [0.2, 0.25) is 0 Å². The van der Waals surface area contributed by atoms with E-state index in [9.17, 15) is 4.79 Å². The van der Waals surface area contributed by atoms with Gasteiger partial charge in [0.2, 0.25) is 0 Å². The Balaban J connectivity index is 1.72. The van der Waals surface area contributed by atoms with Crippen LogP contribution in [0.1, 0.15) is 21.5 Å². The number of hydrogen-bond donors (Lipinski definition) is 0. The van der Waals surface area contributed by atoms with Crippen LogP contribution in [0, 0.1) is 13.8 Å². The number of rotatable bonds is 7. The van der Waals surface area contributed by atoms with E-state index in [-0.39, 0.29) is 5.91 Å². The predicted molar refractivity (Wildman–Crippen MR) is 132 cm³/mol. The van der Waals surface area contributed by atoms with E-state index >= 15 is 0 Å². The van der Waals surface area contributed by atoms with Crippen molar-refractivity contribution >= 4 is 32.6 Å². The van der Waals surface area contributed by atoms with Gasteiger partial charge in [-0.2, -0.15) is 0 Å². The van der Waals surface area contributed by atoms with E-state index in [1.807, 2.05) is 68.7 Å². The fourth-order valence-corrected chi connectivity index (χ4v) is 4.43. The molecule has 1 heterocycles. The monoisotopic (exact) mass is 445 g/mol. The SMILES string of the molecule is Cc1cc2nc(N(CCN(C)C)C(=O)c3ccccc3Oc3ccccc3)sc2cc1C. The van der Waals surface area contributed by atoms with Crippen molar-refractivity contribution in [3.63, 3.8) is 0 Å². The first kappa shape index (κ1) is 22.0. The maximum absolute atomic E-state index is 13.8. The molecule has 0 radical (unpaired) electrons. The second kappa shape index (κ2) is 9.51. The number of aromatic nitrogens is 1. The molecule has 1 aromatic heterocycles. The van der Waals surface area contributed by atoms with Gasteiger partial charge in [-0.15, -0.1) is 0 Å². The van der Waals surface area contributed by atoms with Gasteiger partial charge in [-0.05, 0) is 75.5 Å². The van der Waals surface area contributed by atoms with Gasteiger partial charge in [-0.25, -0.2) is 4.98 Å². The number of benzene rings is 3. The van der Waals surface area contributed by atoms with E-state index in [1.165, 1.54) is 11.1 Å². The van der Waals surface area contributed by atoms with Gasteiger partial charge in [0, 0.05) is 13.1 Å². The minimum Gasteiger partial charge on any atom is -0.457 e. The molecule has 4 aromatic rings. The quantitative estimate of drug-likeness (QED) is 0.355. The molecule has 6 heteroatoms. The largest absolute Gasteiger partial charge is 0.457 e. The molecule has 0 aliphatic heterocycles. The molecule has 0 N–H and O–H groups in total. The Morgan fingerprint density at radius 1 is 0.938 bits per heavy atom. The molecule has 0 aliphatic carbocycles. The average molecular weight is 446 g/mol. The topological polar surface area (TPSA) is 45.7 Å². The highest BCUT2D eigenvalue weighted by Crippen LogP contribution is 2.33. The molecular weight excluding hydrogens is 418 g/mol. The van der Waals surface area contributed by atoms with Crippen LogP contribution in [-0.4, -0.2) is 43.0 Å². The maximum Gasteiger partial charge on any atom is 0.263 e. The summed E-state index contributed by atoms with van der Waals surface area (Å²) in [6, 6.07) is 21.1.